The van der Waals surface area contributed by atoms with Gasteiger partial charge in [0.2, 0.25) is 0 Å². The highest BCUT2D eigenvalue weighted by Gasteiger charge is 2.17. The molecule has 15 heavy (non-hydrogen) atoms. The van der Waals surface area contributed by atoms with Crippen molar-refractivity contribution >= 4 is 23.0 Å². The Balaban J connectivity index is 2.29. The molecule has 1 aliphatic heterocycles. The molecule has 4 nitrogen and oxygen atoms in total. The Hall–Kier alpha value is -1.23. The van der Waals surface area contributed by atoms with Crippen LogP contribution in [0.25, 0.3) is 0 Å². The highest BCUT2D eigenvalue weighted by Crippen LogP contribution is 2.19. The molecule has 0 spiro atoms. The summed E-state index contributed by atoms with van der Waals surface area (Å²) < 4.78 is 0. The molecule has 1 aromatic rings. The summed E-state index contributed by atoms with van der Waals surface area (Å²) in [5.41, 5.74) is 6.27. The molecule has 0 aliphatic carbocycles. The van der Waals surface area contributed by atoms with Gasteiger partial charge in [-0.1, -0.05) is 12.2 Å². The lowest BCUT2D eigenvalue weighted by molar-refractivity contribution is 0.572. The molecule has 1 fully saturated rings. The zero-order chi connectivity index (χ0) is 10.7. The summed E-state index contributed by atoms with van der Waals surface area (Å²) in [7, 11) is 0. The summed E-state index contributed by atoms with van der Waals surface area (Å²) in [4.78, 5) is 11.0. The van der Waals surface area contributed by atoms with Crippen LogP contribution in [0, 0.1) is 0 Å². The zero-order valence-corrected chi connectivity index (χ0v) is 9.33. The summed E-state index contributed by atoms with van der Waals surface area (Å²) in [6, 6.07) is 0. The lowest BCUT2D eigenvalue weighted by Gasteiger charge is -2.28. The zero-order valence-electron chi connectivity index (χ0n) is 8.52. The van der Waals surface area contributed by atoms with Crippen LogP contribution < -0.4 is 10.6 Å². The van der Waals surface area contributed by atoms with E-state index >= 15 is 0 Å². The van der Waals surface area contributed by atoms with Crippen molar-refractivity contribution in [2.45, 2.75) is 19.3 Å². The third-order valence-corrected chi connectivity index (χ3v) is 2.76. The van der Waals surface area contributed by atoms with E-state index in [1.165, 1.54) is 19.3 Å². The van der Waals surface area contributed by atoms with E-state index < -0.39 is 0 Å². The fraction of sp³-hybridized carbons (Fsp3) is 0.500. The minimum absolute atomic E-state index is 0.323. The first-order valence-corrected chi connectivity index (χ1v) is 5.55. The minimum Gasteiger partial charge on any atom is -0.388 e. The summed E-state index contributed by atoms with van der Waals surface area (Å²) >= 11 is 4.97. The normalized spacial score (nSPS) is 16.4. The third-order valence-electron chi connectivity index (χ3n) is 2.57. The van der Waals surface area contributed by atoms with Crippen molar-refractivity contribution < 1.29 is 0 Å². The molecular formula is C10H14N4S. The molecule has 0 bridgehead atoms. The Morgan fingerprint density at radius 1 is 1.20 bits per heavy atom. The Kier molecular flexibility index (Phi) is 3.11. The number of rotatable bonds is 2. The first-order chi connectivity index (χ1) is 7.29. The fourth-order valence-corrected chi connectivity index (χ4v) is 1.99. The molecule has 0 saturated carbocycles. The molecule has 0 unspecified atom stereocenters. The Bertz CT molecular complexity index is 360. The number of hydrogen-bond acceptors (Lipinski definition) is 4. The Morgan fingerprint density at radius 3 is 2.53 bits per heavy atom. The molecule has 0 amide bonds. The maximum atomic E-state index is 5.62. The Labute approximate surface area is 94.5 Å². The van der Waals surface area contributed by atoms with Crippen LogP contribution in [0.4, 0.5) is 5.82 Å². The Morgan fingerprint density at radius 2 is 1.87 bits per heavy atom. The molecule has 2 rings (SSSR count). The van der Waals surface area contributed by atoms with Crippen LogP contribution in [0.2, 0.25) is 0 Å². The maximum absolute atomic E-state index is 5.62. The van der Waals surface area contributed by atoms with Gasteiger partial charge in [0, 0.05) is 25.5 Å². The van der Waals surface area contributed by atoms with E-state index in [1.807, 2.05) is 0 Å². The van der Waals surface area contributed by atoms with Gasteiger partial charge in [-0.2, -0.15) is 0 Å². The lowest BCUT2D eigenvalue weighted by atomic mass is 10.1. The van der Waals surface area contributed by atoms with Crippen molar-refractivity contribution in [2.75, 3.05) is 18.0 Å². The summed E-state index contributed by atoms with van der Waals surface area (Å²) in [5, 5.41) is 0. The molecule has 5 heteroatoms. The van der Waals surface area contributed by atoms with Crippen molar-refractivity contribution in [1.82, 2.24) is 9.97 Å². The number of nitrogens with zero attached hydrogens (tertiary/aromatic N) is 3. The van der Waals surface area contributed by atoms with Crippen LogP contribution in [0.3, 0.4) is 0 Å². The van der Waals surface area contributed by atoms with Gasteiger partial charge in [0.1, 0.15) is 10.7 Å². The average molecular weight is 222 g/mol. The van der Waals surface area contributed by atoms with Gasteiger partial charge >= 0.3 is 0 Å². The maximum Gasteiger partial charge on any atom is 0.157 e. The molecule has 1 aromatic heterocycles. The van der Waals surface area contributed by atoms with Crippen molar-refractivity contribution in [1.29, 1.82) is 0 Å². The largest absolute Gasteiger partial charge is 0.388 e. The molecule has 80 valence electrons. The van der Waals surface area contributed by atoms with Gasteiger partial charge in [0.25, 0.3) is 0 Å². The van der Waals surface area contributed by atoms with Crippen LogP contribution in [0.5, 0.6) is 0 Å². The van der Waals surface area contributed by atoms with Gasteiger partial charge in [-0.3, -0.25) is 0 Å². The van der Waals surface area contributed by atoms with Gasteiger partial charge in [-0.25, -0.2) is 9.97 Å². The van der Waals surface area contributed by atoms with E-state index in [0.717, 1.165) is 18.9 Å². The quantitative estimate of drug-likeness (QED) is 0.759. The second-order valence-corrected chi connectivity index (χ2v) is 4.08. The molecular weight excluding hydrogens is 208 g/mol. The summed E-state index contributed by atoms with van der Waals surface area (Å²) in [6.45, 7) is 2.04. The van der Waals surface area contributed by atoms with Gasteiger partial charge in [0.05, 0.1) is 0 Å². The molecule has 1 aliphatic rings. The first kappa shape index (κ1) is 10.3. The number of aromatic nitrogens is 2. The minimum atomic E-state index is 0.323. The van der Waals surface area contributed by atoms with Crippen LogP contribution in [0.15, 0.2) is 12.4 Å². The topological polar surface area (TPSA) is 55.0 Å². The van der Waals surface area contributed by atoms with Crippen molar-refractivity contribution in [3.63, 3.8) is 0 Å². The molecule has 2 N–H and O–H groups in total. The van der Waals surface area contributed by atoms with E-state index in [-0.39, 0.29) is 0 Å². The predicted octanol–water partition coefficient (Wildman–Crippen LogP) is 1.10. The summed E-state index contributed by atoms with van der Waals surface area (Å²) in [5.74, 6) is 0.838. The van der Waals surface area contributed by atoms with Crippen LogP contribution in [-0.4, -0.2) is 28.0 Å². The van der Waals surface area contributed by atoms with Crippen molar-refractivity contribution in [3.05, 3.63) is 18.1 Å². The molecule has 2 heterocycles. The number of anilines is 1. The average Bonchev–Trinajstić information content (AvgIpc) is 2.30. The number of nitrogens with two attached hydrogens (primary N) is 1. The number of thiocarbonyl (C=S) groups is 1. The lowest BCUT2D eigenvalue weighted by Crippen LogP contribution is -2.32. The SMILES string of the molecule is NC(=S)c1nccnc1N1CCCCC1. The first-order valence-electron chi connectivity index (χ1n) is 5.15. The van der Waals surface area contributed by atoms with E-state index in [2.05, 4.69) is 14.9 Å². The van der Waals surface area contributed by atoms with Crippen LogP contribution in [0.1, 0.15) is 25.0 Å². The van der Waals surface area contributed by atoms with E-state index in [4.69, 9.17) is 18.0 Å². The fourth-order valence-electron chi connectivity index (χ4n) is 1.84. The molecule has 1 saturated heterocycles. The molecule has 0 aromatic carbocycles. The monoisotopic (exact) mass is 222 g/mol. The smallest absolute Gasteiger partial charge is 0.157 e. The number of piperidine rings is 1. The van der Waals surface area contributed by atoms with Crippen molar-refractivity contribution in [2.24, 2.45) is 5.73 Å². The highest BCUT2D eigenvalue weighted by molar-refractivity contribution is 7.80. The predicted molar refractivity (Wildman–Crippen MR) is 64.0 cm³/mol. The van der Waals surface area contributed by atoms with E-state index in [1.54, 1.807) is 12.4 Å². The van der Waals surface area contributed by atoms with Gasteiger partial charge in [-0.05, 0) is 19.3 Å². The van der Waals surface area contributed by atoms with Crippen molar-refractivity contribution in [3.8, 4) is 0 Å². The summed E-state index contributed by atoms with van der Waals surface area (Å²) in [6.07, 6.45) is 7.01. The second-order valence-electron chi connectivity index (χ2n) is 3.64. The van der Waals surface area contributed by atoms with Gasteiger partial charge < -0.3 is 10.6 Å². The molecule has 0 radical (unpaired) electrons. The van der Waals surface area contributed by atoms with Crippen LogP contribution in [-0.2, 0) is 0 Å². The number of hydrogen-bond donors (Lipinski definition) is 1. The van der Waals surface area contributed by atoms with E-state index in [9.17, 15) is 0 Å². The van der Waals surface area contributed by atoms with Gasteiger partial charge in [-0.15, -0.1) is 0 Å². The van der Waals surface area contributed by atoms with Gasteiger partial charge in [0.15, 0.2) is 5.82 Å². The molecule has 0 atom stereocenters. The third kappa shape index (κ3) is 2.23. The standard InChI is InChI=1S/C10H14N4S/c11-9(15)8-10(13-5-4-12-8)14-6-2-1-3-7-14/h4-5H,1-3,6-7H2,(H2,11,15). The van der Waals surface area contributed by atoms with E-state index in [0.29, 0.717) is 10.7 Å². The highest BCUT2D eigenvalue weighted by atomic mass is 32.1. The second kappa shape index (κ2) is 4.53. The van der Waals surface area contributed by atoms with Crippen LogP contribution >= 0.6 is 12.2 Å².